The Labute approximate surface area is 129 Å². The molecule has 0 radical (unpaired) electrons. The van der Waals surface area contributed by atoms with Crippen molar-refractivity contribution in [2.45, 2.75) is 39.2 Å². The summed E-state index contributed by atoms with van der Waals surface area (Å²) < 4.78 is 0. The molecule has 1 rings (SSSR count). The van der Waals surface area contributed by atoms with Gasteiger partial charge in [-0.2, -0.15) is 0 Å². The van der Waals surface area contributed by atoms with Gasteiger partial charge in [-0.25, -0.2) is 4.79 Å². The molecule has 0 saturated carbocycles. The van der Waals surface area contributed by atoms with E-state index in [1.165, 1.54) is 13.8 Å². The molecule has 1 aromatic rings. The summed E-state index contributed by atoms with van der Waals surface area (Å²) >= 11 is 0. The Hall–Kier alpha value is -2.37. The quantitative estimate of drug-likeness (QED) is 0.701. The third-order valence-electron chi connectivity index (χ3n) is 3.19. The minimum atomic E-state index is -1.36. The highest BCUT2D eigenvalue weighted by molar-refractivity contribution is 5.89. The van der Waals surface area contributed by atoms with Gasteiger partial charge in [0.15, 0.2) is 0 Å². The van der Waals surface area contributed by atoms with Crippen LogP contribution < -0.4 is 10.6 Å². The van der Waals surface area contributed by atoms with Gasteiger partial charge in [0, 0.05) is 6.42 Å². The van der Waals surface area contributed by atoms with Crippen LogP contribution in [0.3, 0.4) is 0 Å². The number of rotatable bonds is 7. The number of benzene rings is 1. The molecule has 1 aromatic carbocycles. The minimum Gasteiger partial charge on any atom is -0.480 e. The Morgan fingerprint density at radius 2 is 1.68 bits per heavy atom. The minimum absolute atomic E-state index is 0.233. The van der Waals surface area contributed by atoms with E-state index in [0.29, 0.717) is 6.42 Å². The summed E-state index contributed by atoms with van der Waals surface area (Å²) in [5, 5.41) is 13.7. The molecule has 0 heterocycles. The first-order chi connectivity index (χ1) is 10.2. The summed E-state index contributed by atoms with van der Waals surface area (Å²) in [6.07, 6.45) is 0.868. The van der Waals surface area contributed by atoms with Crippen molar-refractivity contribution in [3.05, 3.63) is 35.4 Å². The van der Waals surface area contributed by atoms with Crippen LogP contribution in [0.15, 0.2) is 24.3 Å². The number of carbonyl (C=O) groups is 3. The van der Waals surface area contributed by atoms with Crippen molar-refractivity contribution >= 4 is 17.8 Å². The lowest BCUT2D eigenvalue weighted by atomic mass is 10.1. The van der Waals surface area contributed by atoms with Crippen molar-refractivity contribution < 1.29 is 19.5 Å². The van der Waals surface area contributed by atoms with Crippen LogP contribution in [-0.4, -0.2) is 35.0 Å². The number of aliphatic carboxylic acids is 1. The van der Waals surface area contributed by atoms with E-state index in [1.54, 1.807) is 0 Å². The third kappa shape index (κ3) is 5.95. The second-order valence-electron chi connectivity index (χ2n) is 5.74. The van der Waals surface area contributed by atoms with Crippen molar-refractivity contribution in [3.8, 4) is 0 Å². The van der Waals surface area contributed by atoms with E-state index in [1.807, 2.05) is 31.2 Å². The van der Waals surface area contributed by atoms with Gasteiger partial charge in [-0.05, 0) is 32.8 Å². The molecule has 0 aliphatic rings. The zero-order valence-corrected chi connectivity index (χ0v) is 13.1. The molecule has 0 fully saturated rings. The van der Waals surface area contributed by atoms with Gasteiger partial charge in [-0.3, -0.25) is 9.59 Å². The molecule has 22 heavy (non-hydrogen) atoms. The molecule has 0 atom stereocenters. The second-order valence-corrected chi connectivity index (χ2v) is 5.74. The molecule has 6 heteroatoms. The number of carboxylic acid groups (broad SMARTS) is 1. The molecule has 0 bridgehead atoms. The van der Waals surface area contributed by atoms with Crippen LogP contribution >= 0.6 is 0 Å². The van der Waals surface area contributed by atoms with E-state index in [0.717, 1.165) is 11.1 Å². The monoisotopic (exact) mass is 306 g/mol. The predicted octanol–water partition coefficient (Wildman–Crippen LogP) is 1.02. The van der Waals surface area contributed by atoms with Crippen molar-refractivity contribution in [1.82, 2.24) is 10.6 Å². The zero-order valence-electron chi connectivity index (χ0n) is 13.1. The first-order valence-electron chi connectivity index (χ1n) is 7.07. The van der Waals surface area contributed by atoms with Gasteiger partial charge >= 0.3 is 5.97 Å². The number of aryl methyl sites for hydroxylation is 2. The fourth-order valence-electron chi connectivity index (χ4n) is 1.73. The van der Waals surface area contributed by atoms with E-state index in [-0.39, 0.29) is 18.9 Å². The lowest BCUT2D eigenvalue weighted by molar-refractivity contribution is -0.145. The Morgan fingerprint density at radius 3 is 2.23 bits per heavy atom. The molecule has 3 N–H and O–H groups in total. The number of hydrogen-bond donors (Lipinski definition) is 3. The molecule has 0 spiro atoms. The summed E-state index contributed by atoms with van der Waals surface area (Å²) in [5.74, 6) is -1.91. The van der Waals surface area contributed by atoms with Crippen LogP contribution in [0.5, 0.6) is 0 Å². The molecule has 0 aromatic heterocycles. The predicted molar refractivity (Wildman–Crippen MR) is 82.4 cm³/mol. The fraction of sp³-hybridized carbons (Fsp3) is 0.438. The van der Waals surface area contributed by atoms with Crippen molar-refractivity contribution in [3.63, 3.8) is 0 Å². The Kier molecular flexibility index (Phi) is 6.10. The summed E-state index contributed by atoms with van der Waals surface area (Å²) in [4.78, 5) is 34.1. The Bertz CT molecular complexity index is 550. The topological polar surface area (TPSA) is 95.5 Å². The smallest absolute Gasteiger partial charge is 0.328 e. The number of carbonyl (C=O) groups excluding carboxylic acids is 2. The SMILES string of the molecule is Cc1ccc(CCC(=O)NCC(=O)NC(C)(C)C(=O)O)cc1. The van der Waals surface area contributed by atoms with Gasteiger partial charge in [0.25, 0.3) is 0 Å². The van der Waals surface area contributed by atoms with Crippen LogP contribution in [0, 0.1) is 6.92 Å². The summed E-state index contributed by atoms with van der Waals surface area (Å²) in [6.45, 7) is 4.52. The third-order valence-corrected chi connectivity index (χ3v) is 3.19. The Balaban J connectivity index is 2.32. The lowest BCUT2D eigenvalue weighted by Crippen LogP contribution is -2.52. The van der Waals surface area contributed by atoms with Gasteiger partial charge in [-0.15, -0.1) is 0 Å². The van der Waals surface area contributed by atoms with Crippen LogP contribution in [0.2, 0.25) is 0 Å². The highest BCUT2D eigenvalue weighted by atomic mass is 16.4. The molecule has 120 valence electrons. The zero-order chi connectivity index (χ0) is 16.8. The summed E-state index contributed by atoms with van der Waals surface area (Å²) in [7, 11) is 0. The molecule has 0 aliphatic heterocycles. The maximum absolute atomic E-state index is 11.7. The average Bonchev–Trinajstić information content (AvgIpc) is 2.44. The van der Waals surface area contributed by atoms with E-state index < -0.39 is 17.4 Å². The van der Waals surface area contributed by atoms with E-state index in [2.05, 4.69) is 10.6 Å². The lowest BCUT2D eigenvalue weighted by Gasteiger charge is -2.21. The van der Waals surface area contributed by atoms with Gasteiger partial charge in [0.1, 0.15) is 5.54 Å². The highest BCUT2D eigenvalue weighted by Gasteiger charge is 2.28. The Morgan fingerprint density at radius 1 is 1.09 bits per heavy atom. The first kappa shape index (κ1) is 17.7. The largest absolute Gasteiger partial charge is 0.480 e. The summed E-state index contributed by atoms with van der Waals surface area (Å²) in [6, 6.07) is 7.89. The van der Waals surface area contributed by atoms with Crippen molar-refractivity contribution in [1.29, 1.82) is 0 Å². The number of carboxylic acids is 1. The first-order valence-corrected chi connectivity index (χ1v) is 7.07. The van der Waals surface area contributed by atoms with Crippen molar-refractivity contribution in [2.24, 2.45) is 0 Å². The molecular formula is C16H22N2O4. The van der Waals surface area contributed by atoms with Crippen LogP contribution in [0.4, 0.5) is 0 Å². The second kappa shape index (κ2) is 7.59. The molecular weight excluding hydrogens is 284 g/mol. The van der Waals surface area contributed by atoms with E-state index >= 15 is 0 Å². The highest BCUT2D eigenvalue weighted by Crippen LogP contribution is 2.05. The maximum atomic E-state index is 11.7. The van der Waals surface area contributed by atoms with Crippen LogP contribution in [0.25, 0.3) is 0 Å². The molecule has 2 amide bonds. The summed E-state index contributed by atoms with van der Waals surface area (Å²) in [5.41, 5.74) is 0.854. The van der Waals surface area contributed by atoms with Gasteiger partial charge in [0.2, 0.25) is 11.8 Å². The van der Waals surface area contributed by atoms with E-state index in [9.17, 15) is 14.4 Å². The molecule has 6 nitrogen and oxygen atoms in total. The molecule has 0 saturated heterocycles. The van der Waals surface area contributed by atoms with Gasteiger partial charge in [0.05, 0.1) is 6.54 Å². The number of amides is 2. The maximum Gasteiger partial charge on any atom is 0.328 e. The molecule has 0 unspecified atom stereocenters. The number of hydrogen-bond acceptors (Lipinski definition) is 3. The van der Waals surface area contributed by atoms with Crippen LogP contribution in [-0.2, 0) is 20.8 Å². The van der Waals surface area contributed by atoms with Gasteiger partial charge in [-0.1, -0.05) is 29.8 Å². The van der Waals surface area contributed by atoms with Crippen molar-refractivity contribution in [2.75, 3.05) is 6.54 Å². The standard InChI is InChI=1S/C16H22N2O4/c1-11-4-6-12(7-5-11)8-9-13(19)17-10-14(20)18-16(2,3)15(21)22/h4-7H,8-10H2,1-3H3,(H,17,19)(H,18,20)(H,21,22). The fourth-order valence-corrected chi connectivity index (χ4v) is 1.73. The number of nitrogens with one attached hydrogen (secondary N) is 2. The average molecular weight is 306 g/mol. The molecule has 0 aliphatic carbocycles. The normalized spacial score (nSPS) is 10.9. The van der Waals surface area contributed by atoms with Gasteiger partial charge < -0.3 is 15.7 Å². The van der Waals surface area contributed by atoms with Crippen LogP contribution in [0.1, 0.15) is 31.4 Å². The van der Waals surface area contributed by atoms with E-state index in [4.69, 9.17) is 5.11 Å².